The fourth-order valence-electron chi connectivity index (χ4n) is 2.96. The van der Waals surface area contributed by atoms with Gasteiger partial charge in [0.25, 0.3) is 10.0 Å². The normalized spacial score (nSPS) is 13.3. The molecule has 0 heterocycles. The lowest BCUT2D eigenvalue weighted by atomic mass is 10.1. The molecule has 1 unspecified atom stereocenters. The maximum absolute atomic E-state index is 13.3. The topological polar surface area (TPSA) is 101 Å². The minimum absolute atomic E-state index is 0.0300. The molecule has 0 bridgehead atoms. The lowest BCUT2D eigenvalue weighted by Gasteiger charge is -2.23. The number of ether oxygens (including phenoxy) is 3. The first kappa shape index (κ1) is 24.8. The zero-order chi connectivity index (χ0) is 23.6. The van der Waals surface area contributed by atoms with E-state index < -0.39 is 17.6 Å². The lowest BCUT2D eigenvalue weighted by molar-refractivity contribution is 0.323. The highest BCUT2D eigenvalue weighted by Crippen LogP contribution is 2.46. The molecule has 0 saturated carbocycles. The first-order chi connectivity index (χ1) is 14.4. The SMILES string of the molecule is COc1cc(S(=O)(=O)N(C)c2cc(C)c(OP(C)(=O)OC)c(C)c2)cc(OC)c1OC. The van der Waals surface area contributed by atoms with Crippen molar-refractivity contribution in [1.82, 2.24) is 0 Å². The van der Waals surface area contributed by atoms with Crippen molar-refractivity contribution in [2.24, 2.45) is 0 Å². The van der Waals surface area contributed by atoms with Crippen LogP contribution in [0.5, 0.6) is 23.0 Å². The van der Waals surface area contributed by atoms with Gasteiger partial charge in [-0.2, -0.15) is 0 Å². The Hall–Kier alpha value is -2.42. The zero-order valence-electron chi connectivity index (χ0n) is 18.9. The third-order valence-corrected chi connectivity index (χ3v) is 7.63. The van der Waals surface area contributed by atoms with Gasteiger partial charge in [0.15, 0.2) is 11.5 Å². The third kappa shape index (κ3) is 5.08. The van der Waals surface area contributed by atoms with E-state index >= 15 is 0 Å². The standard InChI is InChI=1S/C20H28NO8PS/c1-13-9-15(10-14(2)19(13)29-30(8,22)28-7)21(3)31(23,24)16-11-17(25-4)20(27-6)18(12-16)26-5/h9-12H,1-8H3. The molecular weight excluding hydrogens is 445 g/mol. The Morgan fingerprint density at radius 3 is 1.71 bits per heavy atom. The van der Waals surface area contributed by atoms with Crippen molar-refractivity contribution in [2.45, 2.75) is 18.7 Å². The zero-order valence-corrected chi connectivity index (χ0v) is 20.6. The molecule has 0 aliphatic rings. The molecule has 31 heavy (non-hydrogen) atoms. The van der Waals surface area contributed by atoms with Crippen LogP contribution < -0.4 is 23.0 Å². The van der Waals surface area contributed by atoms with Crippen LogP contribution in [0.1, 0.15) is 11.1 Å². The molecule has 0 amide bonds. The van der Waals surface area contributed by atoms with Crippen LogP contribution in [-0.4, -0.2) is 50.6 Å². The number of methoxy groups -OCH3 is 3. The molecule has 0 aliphatic carbocycles. The van der Waals surface area contributed by atoms with Crippen LogP contribution in [0.25, 0.3) is 0 Å². The molecule has 0 saturated heterocycles. The number of sulfonamides is 1. The molecule has 0 aromatic heterocycles. The van der Waals surface area contributed by atoms with E-state index in [9.17, 15) is 13.0 Å². The highest BCUT2D eigenvalue weighted by molar-refractivity contribution is 7.92. The minimum Gasteiger partial charge on any atom is -0.493 e. The van der Waals surface area contributed by atoms with Crippen LogP contribution in [0, 0.1) is 13.8 Å². The molecule has 11 heteroatoms. The van der Waals surface area contributed by atoms with Gasteiger partial charge in [-0.15, -0.1) is 0 Å². The smallest absolute Gasteiger partial charge is 0.375 e. The van der Waals surface area contributed by atoms with Crippen molar-refractivity contribution in [3.05, 3.63) is 35.4 Å². The van der Waals surface area contributed by atoms with Crippen LogP contribution in [0.15, 0.2) is 29.2 Å². The summed E-state index contributed by atoms with van der Waals surface area (Å²) in [7, 11) is -0.233. The maximum atomic E-state index is 13.3. The third-order valence-electron chi connectivity index (χ3n) is 4.69. The predicted octanol–water partition coefficient (Wildman–Crippen LogP) is 4.00. The largest absolute Gasteiger partial charge is 0.493 e. The molecular formula is C20H28NO8PS. The minimum atomic E-state index is -3.97. The summed E-state index contributed by atoms with van der Waals surface area (Å²) in [5.74, 6) is 1.13. The van der Waals surface area contributed by atoms with E-state index in [1.807, 2.05) is 0 Å². The summed E-state index contributed by atoms with van der Waals surface area (Å²) in [6.45, 7) is 4.84. The first-order valence-corrected chi connectivity index (χ1v) is 12.6. The molecule has 0 radical (unpaired) electrons. The van der Waals surface area contributed by atoms with Crippen molar-refractivity contribution in [2.75, 3.05) is 46.5 Å². The van der Waals surface area contributed by atoms with Crippen LogP contribution in [-0.2, 0) is 19.1 Å². The summed E-state index contributed by atoms with van der Waals surface area (Å²) in [5, 5.41) is 0. The van der Waals surface area contributed by atoms with Crippen molar-refractivity contribution in [3.8, 4) is 23.0 Å². The van der Waals surface area contributed by atoms with Gasteiger partial charge in [-0.3, -0.25) is 4.31 Å². The second kappa shape index (κ2) is 9.38. The average molecular weight is 473 g/mol. The number of nitrogens with zero attached hydrogens (tertiary/aromatic N) is 1. The molecule has 1 atom stereocenters. The number of hydrogen-bond donors (Lipinski definition) is 0. The summed E-state index contributed by atoms with van der Waals surface area (Å²) >= 11 is 0. The molecule has 172 valence electrons. The summed E-state index contributed by atoms with van der Waals surface area (Å²) in [5.41, 5.74) is 1.63. The first-order valence-electron chi connectivity index (χ1n) is 9.14. The molecule has 2 aromatic rings. The highest BCUT2D eigenvalue weighted by Gasteiger charge is 2.27. The van der Waals surface area contributed by atoms with Crippen molar-refractivity contribution >= 4 is 23.3 Å². The number of aryl methyl sites for hydroxylation is 2. The summed E-state index contributed by atoms with van der Waals surface area (Å²) in [4.78, 5) is -0.0300. The van der Waals surface area contributed by atoms with Gasteiger partial charge >= 0.3 is 7.60 Å². The molecule has 9 nitrogen and oxygen atoms in total. The lowest BCUT2D eigenvalue weighted by Crippen LogP contribution is -2.27. The number of rotatable bonds is 9. The molecule has 2 aromatic carbocycles. The summed E-state index contributed by atoms with van der Waals surface area (Å²) < 4.78 is 66.2. The van der Waals surface area contributed by atoms with Crippen LogP contribution in [0.4, 0.5) is 5.69 Å². The van der Waals surface area contributed by atoms with Gasteiger partial charge in [-0.05, 0) is 37.1 Å². The summed E-state index contributed by atoms with van der Waals surface area (Å²) in [6, 6.07) is 6.01. The summed E-state index contributed by atoms with van der Waals surface area (Å²) in [6.07, 6.45) is 0. The van der Waals surface area contributed by atoms with Gasteiger partial charge in [-0.25, -0.2) is 13.0 Å². The van der Waals surface area contributed by atoms with Gasteiger partial charge in [0.05, 0.1) is 31.9 Å². The fourth-order valence-corrected chi connectivity index (χ4v) is 4.86. The molecule has 0 N–H and O–H groups in total. The Morgan fingerprint density at radius 1 is 0.839 bits per heavy atom. The quantitative estimate of drug-likeness (QED) is 0.504. The van der Waals surface area contributed by atoms with E-state index in [-0.39, 0.29) is 16.4 Å². The van der Waals surface area contributed by atoms with Crippen LogP contribution in [0.3, 0.4) is 0 Å². The van der Waals surface area contributed by atoms with Gasteiger partial charge < -0.3 is 23.3 Å². The number of hydrogen-bond acceptors (Lipinski definition) is 8. The van der Waals surface area contributed by atoms with Gasteiger partial charge in [0.1, 0.15) is 5.75 Å². The fraction of sp³-hybridized carbons (Fsp3) is 0.400. The predicted molar refractivity (Wildman–Crippen MR) is 119 cm³/mol. The van der Waals surface area contributed by atoms with E-state index in [1.54, 1.807) is 26.0 Å². The second-order valence-corrected chi connectivity index (χ2v) is 10.8. The highest BCUT2D eigenvalue weighted by atomic mass is 32.2. The molecule has 0 aliphatic heterocycles. The molecule has 0 spiro atoms. The van der Waals surface area contributed by atoms with Crippen LogP contribution >= 0.6 is 7.60 Å². The van der Waals surface area contributed by atoms with E-state index in [0.717, 1.165) is 4.31 Å². The second-order valence-electron chi connectivity index (χ2n) is 6.79. The van der Waals surface area contributed by atoms with Crippen molar-refractivity contribution in [1.29, 1.82) is 0 Å². The Kier molecular flexibility index (Phi) is 7.52. The Bertz CT molecular complexity index is 1070. The monoisotopic (exact) mass is 473 g/mol. The van der Waals surface area contributed by atoms with E-state index in [1.165, 1.54) is 54.3 Å². The Balaban J connectivity index is 2.54. The van der Waals surface area contributed by atoms with Crippen LogP contribution in [0.2, 0.25) is 0 Å². The number of benzene rings is 2. The van der Waals surface area contributed by atoms with E-state index in [4.69, 9.17) is 23.3 Å². The van der Waals surface area contributed by atoms with Gasteiger partial charge in [0, 0.05) is 33.0 Å². The van der Waals surface area contributed by atoms with E-state index in [2.05, 4.69) is 0 Å². The van der Waals surface area contributed by atoms with Gasteiger partial charge in [-0.1, -0.05) is 0 Å². The molecule has 2 rings (SSSR count). The molecule has 0 fully saturated rings. The maximum Gasteiger partial charge on any atom is 0.375 e. The van der Waals surface area contributed by atoms with Crippen molar-refractivity contribution in [3.63, 3.8) is 0 Å². The Morgan fingerprint density at radius 2 is 1.32 bits per heavy atom. The van der Waals surface area contributed by atoms with Gasteiger partial charge in [0.2, 0.25) is 5.75 Å². The van der Waals surface area contributed by atoms with Crippen molar-refractivity contribution < 1.29 is 36.2 Å². The van der Waals surface area contributed by atoms with E-state index in [0.29, 0.717) is 28.3 Å². The number of anilines is 1. The Labute approximate surface area is 183 Å². The average Bonchev–Trinajstić information content (AvgIpc) is 2.74.